The highest BCUT2D eigenvalue weighted by Gasteiger charge is 1.96. The summed E-state index contributed by atoms with van der Waals surface area (Å²) in [4.78, 5) is 10.1. The van der Waals surface area contributed by atoms with Crippen LogP contribution in [0, 0.1) is 0 Å². The van der Waals surface area contributed by atoms with Gasteiger partial charge in [0.25, 0.3) is 0 Å². The fourth-order valence-corrected chi connectivity index (χ4v) is 0.296. The molecule has 0 aliphatic heterocycles. The number of carbonyl (C=O) groups is 1. The summed E-state index contributed by atoms with van der Waals surface area (Å²) in [6.07, 6.45) is 0. The fourth-order valence-electron chi connectivity index (χ4n) is 0.138. The molecular formula is C3H5O4P. The Morgan fingerprint density at radius 2 is 2.38 bits per heavy atom. The standard InChI is InChI=1S/C3H5O4P/c1-6-3(4)2-7-8-5/h2H2,1H3. The highest BCUT2D eigenvalue weighted by Crippen LogP contribution is 1.92. The van der Waals surface area contributed by atoms with Gasteiger partial charge in [-0.1, -0.05) is 0 Å². The fraction of sp³-hybridized carbons (Fsp3) is 0.667. The van der Waals surface area contributed by atoms with Gasteiger partial charge in [0.2, 0.25) is 0 Å². The lowest BCUT2D eigenvalue weighted by atomic mass is 10.8. The molecule has 0 aromatic carbocycles. The smallest absolute Gasteiger partial charge is 0.332 e. The molecule has 8 heavy (non-hydrogen) atoms. The van der Waals surface area contributed by atoms with E-state index in [1.165, 1.54) is 7.11 Å². The second-order valence-corrected chi connectivity index (χ2v) is 1.33. The van der Waals surface area contributed by atoms with E-state index in [1.54, 1.807) is 0 Å². The molecule has 0 aromatic heterocycles. The van der Waals surface area contributed by atoms with E-state index in [2.05, 4.69) is 9.26 Å². The number of carbonyl (C=O) groups excluding carboxylic acids is 1. The van der Waals surface area contributed by atoms with Crippen LogP contribution in [0.1, 0.15) is 0 Å². The SMILES string of the molecule is COC(=O)COP=O. The molecule has 0 aliphatic carbocycles. The Bertz CT molecular complexity index is 91.3. The van der Waals surface area contributed by atoms with Crippen molar-refractivity contribution >= 4 is 14.7 Å². The molecule has 0 aliphatic rings. The molecule has 0 N–H and O–H groups in total. The molecule has 0 saturated heterocycles. The van der Waals surface area contributed by atoms with Crippen molar-refractivity contribution in [3.05, 3.63) is 0 Å². The average Bonchev–Trinajstić information content (AvgIpc) is 1.83. The molecule has 0 fully saturated rings. The van der Waals surface area contributed by atoms with Crippen LogP contribution in [0.5, 0.6) is 0 Å². The van der Waals surface area contributed by atoms with Crippen molar-refractivity contribution in [2.45, 2.75) is 0 Å². The van der Waals surface area contributed by atoms with E-state index in [-0.39, 0.29) is 6.61 Å². The van der Waals surface area contributed by atoms with Crippen LogP contribution in [0.4, 0.5) is 0 Å². The average molecular weight is 136 g/mol. The third kappa shape index (κ3) is 3.71. The molecule has 0 amide bonds. The van der Waals surface area contributed by atoms with Gasteiger partial charge in [-0.25, -0.2) is 9.36 Å². The van der Waals surface area contributed by atoms with Gasteiger partial charge in [-0.05, 0) is 0 Å². The van der Waals surface area contributed by atoms with Crippen molar-refractivity contribution in [3.8, 4) is 0 Å². The largest absolute Gasteiger partial charge is 0.467 e. The summed E-state index contributed by atoms with van der Waals surface area (Å²) in [5, 5.41) is 0. The van der Waals surface area contributed by atoms with Gasteiger partial charge in [-0.15, -0.1) is 0 Å². The molecule has 5 heteroatoms. The lowest BCUT2D eigenvalue weighted by Crippen LogP contribution is -2.05. The summed E-state index contributed by atoms with van der Waals surface area (Å²) in [6, 6.07) is 0. The van der Waals surface area contributed by atoms with Crippen LogP contribution >= 0.6 is 8.69 Å². The lowest BCUT2D eigenvalue weighted by molar-refractivity contribution is -0.142. The number of rotatable bonds is 3. The second-order valence-electron chi connectivity index (χ2n) is 0.924. The molecule has 0 bridgehead atoms. The molecule has 0 heterocycles. The van der Waals surface area contributed by atoms with Gasteiger partial charge in [0.15, 0.2) is 6.61 Å². The molecule has 0 radical (unpaired) electrons. The monoisotopic (exact) mass is 136 g/mol. The van der Waals surface area contributed by atoms with Crippen molar-refractivity contribution < 1.29 is 18.6 Å². The highest BCUT2D eigenvalue weighted by atomic mass is 31.1. The zero-order chi connectivity index (χ0) is 6.41. The van der Waals surface area contributed by atoms with Crippen LogP contribution in [0.15, 0.2) is 0 Å². The van der Waals surface area contributed by atoms with Crippen LogP contribution in [0.3, 0.4) is 0 Å². The number of hydrogen-bond acceptors (Lipinski definition) is 4. The second kappa shape index (κ2) is 4.68. The minimum absolute atomic E-state index is 0.262. The first-order valence-electron chi connectivity index (χ1n) is 1.82. The maximum atomic E-state index is 10.1. The number of esters is 1. The highest BCUT2D eigenvalue weighted by molar-refractivity contribution is 7.17. The number of methoxy groups -OCH3 is 1. The molecule has 0 atom stereocenters. The first-order valence-corrected chi connectivity index (χ1v) is 2.55. The van der Waals surface area contributed by atoms with Gasteiger partial charge >= 0.3 is 14.7 Å². The Kier molecular flexibility index (Phi) is 4.41. The zero-order valence-corrected chi connectivity index (χ0v) is 5.18. The van der Waals surface area contributed by atoms with E-state index in [4.69, 9.17) is 0 Å². The lowest BCUT2D eigenvalue weighted by Gasteiger charge is -1.90. The van der Waals surface area contributed by atoms with Gasteiger partial charge in [-0.2, -0.15) is 0 Å². The van der Waals surface area contributed by atoms with Gasteiger partial charge < -0.3 is 4.74 Å². The first-order chi connectivity index (χ1) is 3.81. The van der Waals surface area contributed by atoms with Crippen LogP contribution in [-0.2, 0) is 18.6 Å². The van der Waals surface area contributed by atoms with Gasteiger partial charge in [0.05, 0.1) is 7.11 Å². The molecule has 0 rings (SSSR count). The van der Waals surface area contributed by atoms with E-state index in [1.807, 2.05) is 0 Å². The van der Waals surface area contributed by atoms with Crippen LogP contribution in [-0.4, -0.2) is 19.7 Å². The number of hydrogen-bond donors (Lipinski definition) is 0. The van der Waals surface area contributed by atoms with E-state index in [0.717, 1.165) is 0 Å². The van der Waals surface area contributed by atoms with Gasteiger partial charge in [-0.3, -0.25) is 4.52 Å². The normalized spacial score (nSPS) is 9.12. The summed E-state index contributed by atoms with van der Waals surface area (Å²) in [7, 11) is 0.728. The molecule has 46 valence electrons. The van der Waals surface area contributed by atoms with Crippen LogP contribution in [0.25, 0.3) is 0 Å². The Labute approximate surface area is 48.1 Å². The van der Waals surface area contributed by atoms with Crippen molar-refractivity contribution in [2.24, 2.45) is 0 Å². The quantitative estimate of drug-likeness (QED) is 0.415. The molecular weight excluding hydrogens is 131 g/mol. The minimum atomic E-state index is -0.534. The Morgan fingerprint density at radius 3 is 2.75 bits per heavy atom. The van der Waals surface area contributed by atoms with Crippen molar-refractivity contribution in [3.63, 3.8) is 0 Å². The van der Waals surface area contributed by atoms with Gasteiger partial charge in [0.1, 0.15) is 0 Å². The third-order valence-corrected chi connectivity index (χ3v) is 0.697. The van der Waals surface area contributed by atoms with E-state index < -0.39 is 14.7 Å². The topological polar surface area (TPSA) is 52.6 Å². The van der Waals surface area contributed by atoms with Crippen molar-refractivity contribution in [1.82, 2.24) is 0 Å². The number of ether oxygens (including phenoxy) is 1. The zero-order valence-electron chi connectivity index (χ0n) is 4.29. The molecule has 0 aromatic rings. The molecule has 4 nitrogen and oxygen atoms in total. The maximum absolute atomic E-state index is 10.1. The predicted octanol–water partition coefficient (Wildman–Crippen LogP) is 0.383. The summed E-state index contributed by atoms with van der Waals surface area (Å²) in [6.45, 7) is -0.262. The molecule has 0 saturated carbocycles. The summed E-state index contributed by atoms with van der Waals surface area (Å²) >= 11 is 0. The first kappa shape index (κ1) is 7.53. The van der Waals surface area contributed by atoms with Crippen molar-refractivity contribution in [1.29, 1.82) is 0 Å². The third-order valence-electron chi connectivity index (χ3n) is 0.463. The summed E-state index contributed by atoms with van der Waals surface area (Å²) < 4.78 is 17.8. The Morgan fingerprint density at radius 1 is 1.75 bits per heavy atom. The molecule has 0 spiro atoms. The summed E-state index contributed by atoms with van der Waals surface area (Å²) in [5.74, 6) is -0.534. The minimum Gasteiger partial charge on any atom is -0.467 e. The van der Waals surface area contributed by atoms with Gasteiger partial charge in [0, 0.05) is 0 Å². The Hall–Kier alpha value is -0.470. The van der Waals surface area contributed by atoms with E-state index in [0.29, 0.717) is 0 Å². The predicted molar refractivity (Wildman–Crippen MR) is 25.6 cm³/mol. The maximum Gasteiger partial charge on any atom is 0.332 e. The summed E-state index contributed by atoms with van der Waals surface area (Å²) in [5.41, 5.74) is 0. The van der Waals surface area contributed by atoms with Crippen LogP contribution in [0.2, 0.25) is 0 Å². The van der Waals surface area contributed by atoms with Crippen molar-refractivity contribution in [2.75, 3.05) is 13.7 Å². The van der Waals surface area contributed by atoms with E-state index >= 15 is 0 Å². The van der Waals surface area contributed by atoms with E-state index in [9.17, 15) is 9.36 Å². The molecule has 0 unspecified atom stereocenters. The van der Waals surface area contributed by atoms with Crippen LogP contribution < -0.4 is 0 Å². The Balaban J connectivity index is 3.11.